The van der Waals surface area contributed by atoms with E-state index in [1.165, 1.54) is 12.8 Å². The van der Waals surface area contributed by atoms with Gasteiger partial charge in [0.25, 0.3) is 0 Å². The van der Waals surface area contributed by atoms with Crippen molar-refractivity contribution in [2.24, 2.45) is 0 Å². The third kappa shape index (κ3) is 2.35. The largest absolute Gasteiger partial charge is 0.392 e. The minimum Gasteiger partial charge on any atom is -0.392 e. The highest BCUT2D eigenvalue weighted by molar-refractivity contribution is 4.97. The fourth-order valence-electron chi connectivity index (χ4n) is 2.73. The van der Waals surface area contributed by atoms with Crippen molar-refractivity contribution in [2.45, 2.75) is 69.7 Å². The number of ether oxygens (including phenoxy) is 1. The SMILES string of the molecule is CC1OCCC1(C)NC1CCCCC1O. The number of aliphatic hydroxyl groups is 1. The van der Waals surface area contributed by atoms with Crippen LogP contribution in [0.1, 0.15) is 46.0 Å². The van der Waals surface area contributed by atoms with Crippen LogP contribution in [0.25, 0.3) is 0 Å². The molecule has 4 unspecified atom stereocenters. The fourth-order valence-corrected chi connectivity index (χ4v) is 2.73. The molecule has 3 nitrogen and oxygen atoms in total. The van der Waals surface area contributed by atoms with Crippen molar-refractivity contribution >= 4 is 0 Å². The molecule has 0 aromatic carbocycles. The van der Waals surface area contributed by atoms with E-state index in [-0.39, 0.29) is 23.8 Å². The van der Waals surface area contributed by atoms with Gasteiger partial charge in [0.05, 0.1) is 12.2 Å². The van der Waals surface area contributed by atoms with E-state index < -0.39 is 0 Å². The molecule has 1 heterocycles. The lowest BCUT2D eigenvalue weighted by atomic mass is 9.87. The smallest absolute Gasteiger partial charge is 0.0726 e. The maximum Gasteiger partial charge on any atom is 0.0726 e. The van der Waals surface area contributed by atoms with Crippen LogP contribution >= 0.6 is 0 Å². The molecular formula is C12H23NO2. The Hall–Kier alpha value is -0.120. The molecule has 15 heavy (non-hydrogen) atoms. The van der Waals surface area contributed by atoms with Crippen molar-refractivity contribution in [2.75, 3.05) is 6.61 Å². The summed E-state index contributed by atoms with van der Waals surface area (Å²) in [5.41, 5.74) is 0.0585. The molecule has 1 saturated heterocycles. The van der Waals surface area contributed by atoms with Crippen molar-refractivity contribution in [1.29, 1.82) is 0 Å². The monoisotopic (exact) mass is 213 g/mol. The molecule has 0 amide bonds. The van der Waals surface area contributed by atoms with Crippen molar-refractivity contribution in [1.82, 2.24) is 5.32 Å². The van der Waals surface area contributed by atoms with Gasteiger partial charge in [-0.05, 0) is 33.1 Å². The summed E-state index contributed by atoms with van der Waals surface area (Å²) in [7, 11) is 0. The van der Waals surface area contributed by atoms with Gasteiger partial charge in [-0.15, -0.1) is 0 Å². The van der Waals surface area contributed by atoms with Gasteiger partial charge in [0.2, 0.25) is 0 Å². The van der Waals surface area contributed by atoms with Crippen LogP contribution in [0.5, 0.6) is 0 Å². The van der Waals surface area contributed by atoms with Crippen molar-refractivity contribution in [3.63, 3.8) is 0 Å². The maximum absolute atomic E-state index is 9.93. The molecule has 3 heteroatoms. The maximum atomic E-state index is 9.93. The van der Waals surface area contributed by atoms with Gasteiger partial charge < -0.3 is 15.2 Å². The molecule has 0 aromatic rings. The Morgan fingerprint density at radius 2 is 2.07 bits per heavy atom. The van der Waals surface area contributed by atoms with Crippen LogP contribution in [0.2, 0.25) is 0 Å². The van der Waals surface area contributed by atoms with E-state index in [0.29, 0.717) is 0 Å². The molecule has 2 aliphatic rings. The Labute approximate surface area is 92.2 Å². The molecule has 2 rings (SSSR count). The average molecular weight is 213 g/mol. The van der Waals surface area contributed by atoms with Crippen molar-refractivity contribution < 1.29 is 9.84 Å². The molecule has 2 N–H and O–H groups in total. The summed E-state index contributed by atoms with van der Waals surface area (Å²) < 4.78 is 5.60. The fraction of sp³-hybridized carbons (Fsp3) is 1.00. The number of nitrogens with one attached hydrogen (secondary N) is 1. The topological polar surface area (TPSA) is 41.5 Å². The van der Waals surface area contributed by atoms with Crippen LogP contribution in [0.3, 0.4) is 0 Å². The Kier molecular flexibility index (Phi) is 3.33. The van der Waals surface area contributed by atoms with Gasteiger partial charge in [-0.3, -0.25) is 0 Å². The van der Waals surface area contributed by atoms with E-state index in [1.807, 2.05) is 0 Å². The Balaban J connectivity index is 1.94. The van der Waals surface area contributed by atoms with Crippen molar-refractivity contribution in [3.05, 3.63) is 0 Å². The summed E-state index contributed by atoms with van der Waals surface area (Å²) in [5, 5.41) is 13.5. The Morgan fingerprint density at radius 3 is 2.67 bits per heavy atom. The zero-order valence-electron chi connectivity index (χ0n) is 9.83. The average Bonchev–Trinajstić information content (AvgIpc) is 2.51. The quantitative estimate of drug-likeness (QED) is 0.729. The summed E-state index contributed by atoms with van der Waals surface area (Å²) in [6.07, 6.45) is 5.60. The molecule has 4 atom stereocenters. The zero-order valence-corrected chi connectivity index (χ0v) is 9.83. The van der Waals surface area contributed by atoms with E-state index in [0.717, 1.165) is 25.9 Å². The molecule has 0 aromatic heterocycles. The number of rotatable bonds is 2. The lowest BCUT2D eigenvalue weighted by Gasteiger charge is -2.38. The number of hydrogen-bond donors (Lipinski definition) is 2. The van der Waals surface area contributed by atoms with E-state index >= 15 is 0 Å². The van der Waals surface area contributed by atoms with Crippen LogP contribution < -0.4 is 5.32 Å². The molecule has 1 aliphatic heterocycles. The minimum absolute atomic E-state index is 0.0585. The lowest BCUT2D eigenvalue weighted by molar-refractivity contribution is 0.0460. The Bertz CT molecular complexity index is 222. The van der Waals surface area contributed by atoms with Crippen LogP contribution in [-0.4, -0.2) is 35.5 Å². The van der Waals surface area contributed by atoms with E-state index in [2.05, 4.69) is 19.2 Å². The summed E-state index contributed by atoms with van der Waals surface area (Å²) in [5.74, 6) is 0. The lowest BCUT2D eigenvalue weighted by Crippen LogP contribution is -2.56. The summed E-state index contributed by atoms with van der Waals surface area (Å²) in [6.45, 7) is 5.18. The first-order chi connectivity index (χ1) is 7.12. The van der Waals surface area contributed by atoms with Gasteiger partial charge in [-0.1, -0.05) is 12.8 Å². The van der Waals surface area contributed by atoms with Gasteiger partial charge in [0.1, 0.15) is 0 Å². The molecule has 88 valence electrons. The van der Waals surface area contributed by atoms with E-state index in [4.69, 9.17) is 4.74 Å². The van der Waals surface area contributed by atoms with Crippen LogP contribution in [-0.2, 0) is 4.74 Å². The second kappa shape index (κ2) is 4.40. The second-order valence-electron chi connectivity index (χ2n) is 5.28. The van der Waals surface area contributed by atoms with Gasteiger partial charge in [0, 0.05) is 18.2 Å². The second-order valence-corrected chi connectivity index (χ2v) is 5.28. The molecular weight excluding hydrogens is 190 g/mol. The van der Waals surface area contributed by atoms with E-state index in [9.17, 15) is 5.11 Å². The normalized spacial score (nSPS) is 47.0. The van der Waals surface area contributed by atoms with Crippen LogP contribution in [0.4, 0.5) is 0 Å². The molecule has 0 bridgehead atoms. The van der Waals surface area contributed by atoms with E-state index in [1.54, 1.807) is 0 Å². The third-order valence-corrected chi connectivity index (χ3v) is 4.13. The first-order valence-corrected chi connectivity index (χ1v) is 6.19. The van der Waals surface area contributed by atoms with Gasteiger partial charge in [0.15, 0.2) is 0 Å². The summed E-state index contributed by atoms with van der Waals surface area (Å²) in [6, 6.07) is 0.271. The number of hydrogen-bond acceptors (Lipinski definition) is 3. The molecule has 1 aliphatic carbocycles. The molecule has 1 saturated carbocycles. The van der Waals surface area contributed by atoms with Crippen LogP contribution in [0.15, 0.2) is 0 Å². The predicted molar refractivity (Wildman–Crippen MR) is 59.8 cm³/mol. The molecule has 0 radical (unpaired) electrons. The number of aliphatic hydroxyl groups excluding tert-OH is 1. The standard InChI is InChI=1S/C12H23NO2/c1-9-12(2,7-8-15-9)13-10-5-3-4-6-11(10)14/h9-11,13-14H,3-8H2,1-2H3. The molecule has 0 spiro atoms. The zero-order chi connectivity index (χ0) is 10.9. The molecule has 2 fully saturated rings. The predicted octanol–water partition coefficient (Wildman–Crippen LogP) is 1.45. The first-order valence-electron chi connectivity index (χ1n) is 6.19. The third-order valence-electron chi connectivity index (χ3n) is 4.13. The highest BCUT2D eigenvalue weighted by Crippen LogP contribution is 2.28. The Morgan fingerprint density at radius 1 is 1.33 bits per heavy atom. The summed E-state index contributed by atoms with van der Waals surface area (Å²) in [4.78, 5) is 0. The van der Waals surface area contributed by atoms with Crippen LogP contribution in [0, 0.1) is 0 Å². The van der Waals surface area contributed by atoms with Gasteiger partial charge in [-0.25, -0.2) is 0 Å². The first kappa shape index (κ1) is 11.4. The van der Waals surface area contributed by atoms with Gasteiger partial charge >= 0.3 is 0 Å². The highest BCUT2D eigenvalue weighted by Gasteiger charge is 2.40. The van der Waals surface area contributed by atoms with Crippen molar-refractivity contribution in [3.8, 4) is 0 Å². The minimum atomic E-state index is -0.164. The summed E-state index contributed by atoms with van der Waals surface area (Å²) >= 11 is 0. The van der Waals surface area contributed by atoms with Gasteiger partial charge in [-0.2, -0.15) is 0 Å². The highest BCUT2D eigenvalue weighted by atomic mass is 16.5.